The van der Waals surface area contributed by atoms with Crippen LogP contribution >= 0.6 is 11.3 Å². The van der Waals surface area contributed by atoms with E-state index in [9.17, 15) is 9.59 Å². The standard InChI is InChI=1S/C26H35N3O4S/c1-3-32-26(31)28-14-12-27(13-15-28)17-21-6-8-23(9-7-21)33-19-22-5-4-11-29(18-22)25(30)24-20(2)10-16-34-24/h6-10,16,22H,3-5,11-15,17-19H2,1-2H3/t22-/m0/s1. The van der Waals surface area contributed by atoms with E-state index in [1.165, 1.54) is 16.9 Å². The largest absolute Gasteiger partial charge is 0.493 e. The molecule has 34 heavy (non-hydrogen) atoms. The summed E-state index contributed by atoms with van der Waals surface area (Å²) >= 11 is 1.53. The second kappa shape index (κ2) is 11.7. The second-order valence-corrected chi connectivity index (χ2v) is 10.0. The fraction of sp³-hybridized carbons (Fsp3) is 0.538. The zero-order valence-electron chi connectivity index (χ0n) is 20.2. The molecule has 4 rings (SSSR count). The Morgan fingerprint density at radius 3 is 2.47 bits per heavy atom. The molecule has 1 aromatic heterocycles. The summed E-state index contributed by atoms with van der Waals surface area (Å²) in [6.07, 6.45) is 1.89. The van der Waals surface area contributed by atoms with Crippen LogP contribution in [0, 0.1) is 12.8 Å². The van der Waals surface area contributed by atoms with E-state index in [1.807, 2.05) is 42.3 Å². The smallest absolute Gasteiger partial charge is 0.409 e. The molecule has 0 N–H and O–H groups in total. The van der Waals surface area contributed by atoms with E-state index < -0.39 is 0 Å². The molecule has 7 nitrogen and oxygen atoms in total. The lowest BCUT2D eigenvalue weighted by atomic mass is 9.98. The van der Waals surface area contributed by atoms with Crippen molar-refractivity contribution in [3.63, 3.8) is 0 Å². The Balaban J connectivity index is 1.21. The fourth-order valence-electron chi connectivity index (χ4n) is 4.59. The lowest BCUT2D eigenvalue weighted by molar-refractivity contribution is 0.0637. The van der Waals surface area contributed by atoms with Crippen LogP contribution in [0.2, 0.25) is 0 Å². The lowest BCUT2D eigenvalue weighted by Crippen LogP contribution is -2.48. The summed E-state index contributed by atoms with van der Waals surface area (Å²) in [5, 5.41) is 1.99. The predicted octanol–water partition coefficient (Wildman–Crippen LogP) is 4.26. The molecule has 1 aromatic carbocycles. The van der Waals surface area contributed by atoms with Crippen molar-refractivity contribution >= 4 is 23.3 Å². The van der Waals surface area contributed by atoms with Crippen LogP contribution in [-0.4, -0.2) is 79.2 Å². The highest BCUT2D eigenvalue weighted by molar-refractivity contribution is 7.12. The van der Waals surface area contributed by atoms with E-state index in [0.29, 0.717) is 32.2 Å². The van der Waals surface area contributed by atoms with Crippen molar-refractivity contribution in [3.8, 4) is 5.75 Å². The summed E-state index contributed by atoms with van der Waals surface area (Å²) < 4.78 is 11.2. The minimum absolute atomic E-state index is 0.157. The molecule has 0 saturated carbocycles. The maximum atomic E-state index is 12.8. The molecule has 184 valence electrons. The molecule has 0 spiro atoms. The molecular formula is C26H35N3O4S. The highest BCUT2D eigenvalue weighted by atomic mass is 32.1. The Kier molecular flexibility index (Phi) is 8.45. The summed E-state index contributed by atoms with van der Waals surface area (Å²) in [4.78, 5) is 31.7. The van der Waals surface area contributed by atoms with Crippen LogP contribution in [0.5, 0.6) is 5.75 Å². The number of carbonyl (C=O) groups is 2. The molecule has 3 heterocycles. The fourth-order valence-corrected chi connectivity index (χ4v) is 5.48. The van der Waals surface area contributed by atoms with Crippen LogP contribution in [0.15, 0.2) is 35.7 Å². The number of ether oxygens (including phenoxy) is 2. The Hall–Kier alpha value is -2.58. The average molecular weight is 486 g/mol. The first-order valence-corrected chi connectivity index (χ1v) is 13.1. The summed E-state index contributed by atoms with van der Waals surface area (Å²) in [5.41, 5.74) is 2.30. The van der Waals surface area contributed by atoms with Crippen molar-refractivity contribution in [2.75, 3.05) is 52.5 Å². The third-order valence-electron chi connectivity index (χ3n) is 6.58. The van der Waals surface area contributed by atoms with Gasteiger partial charge in [-0.15, -0.1) is 11.3 Å². The van der Waals surface area contributed by atoms with E-state index in [-0.39, 0.29) is 12.0 Å². The number of hydrogen-bond donors (Lipinski definition) is 0. The lowest BCUT2D eigenvalue weighted by Gasteiger charge is -2.34. The number of carbonyl (C=O) groups excluding carboxylic acids is 2. The number of piperidine rings is 1. The molecule has 0 radical (unpaired) electrons. The predicted molar refractivity (Wildman–Crippen MR) is 133 cm³/mol. The quantitative estimate of drug-likeness (QED) is 0.586. The molecule has 2 fully saturated rings. The number of benzene rings is 1. The normalized spacial score (nSPS) is 19.2. The van der Waals surface area contributed by atoms with Gasteiger partial charge in [-0.1, -0.05) is 12.1 Å². The number of amides is 2. The monoisotopic (exact) mass is 485 g/mol. The number of hydrogen-bond acceptors (Lipinski definition) is 6. The molecule has 0 aliphatic carbocycles. The van der Waals surface area contributed by atoms with E-state index >= 15 is 0 Å². The molecule has 8 heteroatoms. The highest BCUT2D eigenvalue weighted by Gasteiger charge is 2.26. The number of nitrogens with zero attached hydrogens (tertiary/aromatic N) is 3. The SMILES string of the molecule is CCOC(=O)N1CCN(Cc2ccc(OC[C@H]3CCCN(C(=O)c4sccc4C)C3)cc2)CC1. The van der Waals surface area contributed by atoms with Gasteiger partial charge < -0.3 is 19.3 Å². The van der Waals surface area contributed by atoms with Gasteiger partial charge in [-0.3, -0.25) is 9.69 Å². The van der Waals surface area contributed by atoms with E-state index in [1.54, 1.807) is 4.90 Å². The number of thiophene rings is 1. The van der Waals surface area contributed by atoms with Crippen molar-refractivity contribution in [3.05, 3.63) is 51.7 Å². The van der Waals surface area contributed by atoms with Gasteiger partial charge in [0.1, 0.15) is 5.75 Å². The maximum Gasteiger partial charge on any atom is 0.409 e. The maximum absolute atomic E-state index is 12.8. The molecule has 2 aliphatic heterocycles. The van der Waals surface area contributed by atoms with Crippen LogP contribution in [-0.2, 0) is 11.3 Å². The van der Waals surface area contributed by atoms with Gasteiger partial charge in [0.05, 0.1) is 18.1 Å². The first kappa shape index (κ1) is 24.5. The van der Waals surface area contributed by atoms with E-state index in [2.05, 4.69) is 17.0 Å². The van der Waals surface area contributed by atoms with Crippen LogP contribution in [0.3, 0.4) is 0 Å². The van der Waals surface area contributed by atoms with Gasteiger partial charge in [-0.25, -0.2) is 4.79 Å². The molecule has 1 atom stereocenters. The zero-order valence-corrected chi connectivity index (χ0v) is 21.0. The number of rotatable bonds is 7. The van der Waals surface area contributed by atoms with Crippen molar-refractivity contribution in [2.45, 2.75) is 33.2 Å². The first-order chi connectivity index (χ1) is 16.5. The Bertz CT molecular complexity index is 953. The van der Waals surface area contributed by atoms with Gasteiger partial charge in [-0.2, -0.15) is 0 Å². The minimum atomic E-state index is -0.212. The van der Waals surface area contributed by atoms with E-state index in [0.717, 1.165) is 61.8 Å². The van der Waals surface area contributed by atoms with Gasteiger partial charge in [0.25, 0.3) is 5.91 Å². The zero-order chi connectivity index (χ0) is 23.9. The average Bonchev–Trinajstić information content (AvgIpc) is 3.29. The van der Waals surface area contributed by atoms with Crippen molar-refractivity contribution in [1.82, 2.24) is 14.7 Å². The summed E-state index contributed by atoms with van der Waals surface area (Å²) in [5.74, 6) is 1.38. The summed E-state index contributed by atoms with van der Waals surface area (Å²) in [6.45, 7) is 10.4. The molecule has 0 bridgehead atoms. The molecule has 2 amide bonds. The molecule has 2 aliphatic rings. The molecule has 2 saturated heterocycles. The van der Waals surface area contributed by atoms with Crippen LogP contribution in [0.25, 0.3) is 0 Å². The van der Waals surface area contributed by atoms with Gasteiger partial charge in [0, 0.05) is 51.7 Å². The first-order valence-electron chi connectivity index (χ1n) is 12.2. The topological polar surface area (TPSA) is 62.3 Å². The van der Waals surface area contributed by atoms with Crippen molar-refractivity contribution < 1.29 is 19.1 Å². The summed E-state index contributed by atoms with van der Waals surface area (Å²) in [6, 6.07) is 10.3. The number of aryl methyl sites for hydroxylation is 1. The van der Waals surface area contributed by atoms with Gasteiger partial charge in [0.15, 0.2) is 0 Å². The van der Waals surface area contributed by atoms with Crippen LogP contribution in [0.1, 0.15) is 40.6 Å². The third kappa shape index (κ3) is 6.30. The van der Waals surface area contributed by atoms with Gasteiger partial charge >= 0.3 is 6.09 Å². The van der Waals surface area contributed by atoms with Crippen molar-refractivity contribution in [1.29, 1.82) is 0 Å². The highest BCUT2D eigenvalue weighted by Crippen LogP contribution is 2.24. The second-order valence-electron chi connectivity index (χ2n) is 9.11. The molecular weight excluding hydrogens is 450 g/mol. The van der Waals surface area contributed by atoms with Crippen LogP contribution in [0.4, 0.5) is 4.79 Å². The number of likely N-dealkylation sites (tertiary alicyclic amines) is 1. The minimum Gasteiger partial charge on any atom is -0.493 e. The van der Waals surface area contributed by atoms with Gasteiger partial charge in [-0.05, 0) is 61.4 Å². The van der Waals surface area contributed by atoms with Crippen molar-refractivity contribution in [2.24, 2.45) is 5.92 Å². The Morgan fingerprint density at radius 1 is 1.03 bits per heavy atom. The van der Waals surface area contributed by atoms with Gasteiger partial charge in [0.2, 0.25) is 0 Å². The number of piperazine rings is 1. The molecule has 2 aromatic rings. The Labute approximate surface area is 206 Å². The van der Waals surface area contributed by atoms with Crippen LogP contribution < -0.4 is 4.74 Å². The third-order valence-corrected chi connectivity index (χ3v) is 7.58. The summed E-state index contributed by atoms with van der Waals surface area (Å²) in [7, 11) is 0. The Morgan fingerprint density at radius 2 is 1.79 bits per heavy atom. The van der Waals surface area contributed by atoms with E-state index in [4.69, 9.17) is 9.47 Å². The molecule has 0 unspecified atom stereocenters.